The van der Waals surface area contributed by atoms with Crippen LogP contribution in [0.1, 0.15) is 15.9 Å². The molecule has 1 aromatic heterocycles. The van der Waals surface area contributed by atoms with E-state index in [9.17, 15) is 4.79 Å². The fourth-order valence-electron chi connectivity index (χ4n) is 1.94. The largest absolute Gasteiger partial charge is 0.349 e. The van der Waals surface area contributed by atoms with Gasteiger partial charge in [0.15, 0.2) is 0 Å². The zero-order valence-electron chi connectivity index (χ0n) is 11.8. The standard InChI is InChI=1S/C16H15N5O/c22-14(13-9-5-2-6-10-13)18-16-19-15(20-21-16)17-11-12-7-3-1-4-8-12/h1-10H,11H2,(H3,17,18,19,20,21,22). The number of hydrogen-bond acceptors (Lipinski definition) is 4. The molecule has 3 N–H and O–H groups in total. The van der Waals surface area contributed by atoms with Crippen LogP contribution in [0.4, 0.5) is 11.9 Å². The Labute approximate surface area is 127 Å². The molecule has 0 unspecified atom stereocenters. The first-order valence-corrected chi connectivity index (χ1v) is 6.88. The van der Waals surface area contributed by atoms with Crippen LogP contribution < -0.4 is 10.6 Å². The number of aromatic amines is 1. The number of carbonyl (C=O) groups is 1. The molecule has 0 fully saturated rings. The molecule has 2 aromatic carbocycles. The van der Waals surface area contributed by atoms with Crippen molar-refractivity contribution in [2.75, 3.05) is 10.6 Å². The second kappa shape index (κ2) is 6.53. The van der Waals surface area contributed by atoms with Crippen molar-refractivity contribution in [1.82, 2.24) is 15.2 Å². The van der Waals surface area contributed by atoms with Crippen LogP contribution in [0, 0.1) is 0 Å². The van der Waals surface area contributed by atoms with E-state index < -0.39 is 0 Å². The van der Waals surface area contributed by atoms with Crippen LogP contribution in [0.3, 0.4) is 0 Å². The predicted octanol–water partition coefficient (Wildman–Crippen LogP) is 2.67. The van der Waals surface area contributed by atoms with E-state index in [0.717, 1.165) is 5.56 Å². The first-order chi connectivity index (χ1) is 10.8. The molecule has 6 heteroatoms. The van der Waals surface area contributed by atoms with Gasteiger partial charge in [-0.05, 0) is 17.7 Å². The molecule has 0 aliphatic carbocycles. The van der Waals surface area contributed by atoms with Crippen molar-refractivity contribution in [1.29, 1.82) is 0 Å². The molecule has 0 radical (unpaired) electrons. The number of carbonyl (C=O) groups excluding carboxylic acids is 1. The molecular formula is C16H15N5O. The van der Waals surface area contributed by atoms with Gasteiger partial charge in [0.05, 0.1) is 0 Å². The second-order valence-electron chi connectivity index (χ2n) is 4.67. The number of benzene rings is 2. The highest BCUT2D eigenvalue weighted by atomic mass is 16.1. The summed E-state index contributed by atoms with van der Waals surface area (Å²) in [5.74, 6) is 0.517. The van der Waals surface area contributed by atoms with Crippen molar-refractivity contribution in [2.24, 2.45) is 0 Å². The van der Waals surface area contributed by atoms with Gasteiger partial charge in [0.25, 0.3) is 5.91 Å². The van der Waals surface area contributed by atoms with Gasteiger partial charge in [-0.25, -0.2) is 5.10 Å². The van der Waals surface area contributed by atoms with Crippen LogP contribution in [-0.4, -0.2) is 21.1 Å². The summed E-state index contributed by atoms with van der Waals surface area (Å²) in [4.78, 5) is 16.2. The van der Waals surface area contributed by atoms with E-state index in [2.05, 4.69) is 25.8 Å². The molecule has 0 atom stereocenters. The SMILES string of the molecule is O=C(Nc1nc(NCc2ccccc2)n[nH]1)c1ccccc1. The normalized spacial score (nSPS) is 10.2. The van der Waals surface area contributed by atoms with E-state index in [-0.39, 0.29) is 5.91 Å². The quantitative estimate of drug-likeness (QED) is 0.675. The van der Waals surface area contributed by atoms with Crippen molar-refractivity contribution in [3.8, 4) is 0 Å². The first kappa shape index (κ1) is 13.8. The molecule has 22 heavy (non-hydrogen) atoms. The lowest BCUT2D eigenvalue weighted by Crippen LogP contribution is -2.12. The van der Waals surface area contributed by atoms with E-state index in [1.54, 1.807) is 12.1 Å². The highest BCUT2D eigenvalue weighted by Gasteiger charge is 2.08. The van der Waals surface area contributed by atoms with Crippen LogP contribution in [0.2, 0.25) is 0 Å². The molecule has 0 saturated carbocycles. The molecule has 0 aliphatic heterocycles. The summed E-state index contributed by atoms with van der Waals surface area (Å²) in [5, 5.41) is 12.5. The number of amides is 1. The summed E-state index contributed by atoms with van der Waals surface area (Å²) < 4.78 is 0. The molecule has 110 valence electrons. The Kier molecular flexibility index (Phi) is 4.10. The average Bonchev–Trinajstić information content (AvgIpc) is 3.02. The van der Waals surface area contributed by atoms with Crippen LogP contribution in [0.25, 0.3) is 0 Å². The lowest BCUT2D eigenvalue weighted by atomic mass is 10.2. The van der Waals surface area contributed by atoms with E-state index in [1.807, 2.05) is 48.5 Å². The summed E-state index contributed by atoms with van der Waals surface area (Å²) in [6, 6.07) is 18.9. The minimum Gasteiger partial charge on any atom is -0.349 e. The van der Waals surface area contributed by atoms with Crippen molar-refractivity contribution in [3.63, 3.8) is 0 Å². The van der Waals surface area contributed by atoms with Gasteiger partial charge in [0.2, 0.25) is 11.9 Å². The van der Waals surface area contributed by atoms with Crippen molar-refractivity contribution < 1.29 is 4.79 Å². The Hall–Kier alpha value is -3.15. The lowest BCUT2D eigenvalue weighted by Gasteiger charge is -2.01. The highest BCUT2D eigenvalue weighted by Crippen LogP contribution is 2.08. The maximum Gasteiger partial charge on any atom is 0.258 e. The van der Waals surface area contributed by atoms with Gasteiger partial charge in [0, 0.05) is 12.1 Å². The van der Waals surface area contributed by atoms with Crippen LogP contribution in [0.5, 0.6) is 0 Å². The number of nitrogens with one attached hydrogen (secondary N) is 3. The fraction of sp³-hybridized carbons (Fsp3) is 0.0625. The van der Waals surface area contributed by atoms with Crippen LogP contribution >= 0.6 is 0 Å². The van der Waals surface area contributed by atoms with Gasteiger partial charge in [-0.15, -0.1) is 5.10 Å². The number of hydrogen-bond donors (Lipinski definition) is 3. The van der Waals surface area contributed by atoms with Gasteiger partial charge >= 0.3 is 0 Å². The van der Waals surface area contributed by atoms with Gasteiger partial charge in [-0.3, -0.25) is 10.1 Å². The molecule has 1 heterocycles. The van der Waals surface area contributed by atoms with Crippen LogP contribution in [0.15, 0.2) is 60.7 Å². The number of nitrogens with zero attached hydrogens (tertiary/aromatic N) is 2. The van der Waals surface area contributed by atoms with Gasteiger partial charge in [-0.1, -0.05) is 48.5 Å². The molecule has 1 amide bonds. The minimum atomic E-state index is -0.230. The second-order valence-corrected chi connectivity index (χ2v) is 4.67. The van der Waals surface area contributed by atoms with Crippen LogP contribution in [-0.2, 0) is 6.54 Å². The summed E-state index contributed by atoms with van der Waals surface area (Å²) in [6.45, 7) is 0.616. The summed E-state index contributed by atoms with van der Waals surface area (Å²) in [6.07, 6.45) is 0. The maximum absolute atomic E-state index is 12.0. The number of H-pyrrole nitrogens is 1. The molecule has 6 nitrogen and oxygen atoms in total. The van der Waals surface area contributed by atoms with Gasteiger partial charge < -0.3 is 5.32 Å². The third kappa shape index (κ3) is 3.49. The van der Waals surface area contributed by atoms with Gasteiger partial charge in [-0.2, -0.15) is 4.98 Å². The lowest BCUT2D eigenvalue weighted by molar-refractivity contribution is 0.102. The molecular weight excluding hydrogens is 278 g/mol. The van der Waals surface area contributed by atoms with E-state index in [4.69, 9.17) is 0 Å². The van der Waals surface area contributed by atoms with E-state index in [0.29, 0.717) is 24.0 Å². The van der Waals surface area contributed by atoms with Crippen molar-refractivity contribution in [2.45, 2.75) is 6.54 Å². The maximum atomic E-state index is 12.0. The third-order valence-electron chi connectivity index (χ3n) is 3.05. The Morgan fingerprint density at radius 2 is 1.68 bits per heavy atom. The Morgan fingerprint density at radius 3 is 2.41 bits per heavy atom. The minimum absolute atomic E-state index is 0.230. The van der Waals surface area contributed by atoms with Crippen molar-refractivity contribution in [3.05, 3.63) is 71.8 Å². The first-order valence-electron chi connectivity index (χ1n) is 6.88. The molecule has 0 spiro atoms. The average molecular weight is 293 g/mol. The number of anilines is 2. The molecule has 0 saturated heterocycles. The van der Waals surface area contributed by atoms with E-state index >= 15 is 0 Å². The topological polar surface area (TPSA) is 82.7 Å². The highest BCUT2D eigenvalue weighted by molar-refractivity contribution is 6.03. The molecule has 3 aromatic rings. The van der Waals surface area contributed by atoms with Gasteiger partial charge in [0.1, 0.15) is 0 Å². The summed E-state index contributed by atoms with van der Waals surface area (Å²) in [5.41, 5.74) is 1.69. The smallest absolute Gasteiger partial charge is 0.258 e. The van der Waals surface area contributed by atoms with Crippen molar-refractivity contribution >= 4 is 17.8 Å². The Balaban J connectivity index is 1.58. The third-order valence-corrected chi connectivity index (χ3v) is 3.05. The fourth-order valence-corrected chi connectivity index (χ4v) is 1.94. The zero-order valence-corrected chi connectivity index (χ0v) is 11.8. The molecule has 0 aliphatic rings. The monoisotopic (exact) mass is 293 g/mol. The molecule has 0 bridgehead atoms. The number of aromatic nitrogens is 3. The Bertz CT molecular complexity index is 739. The number of rotatable bonds is 5. The summed E-state index contributed by atoms with van der Waals surface area (Å²) >= 11 is 0. The molecule has 3 rings (SSSR count). The van der Waals surface area contributed by atoms with E-state index in [1.165, 1.54) is 0 Å². The summed E-state index contributed by atoms with van der Waals surface area (Å²) in [7, 11) is 0. The Morgan fingerprint density at radius 1 is 1.00 bits per heavy atom. The zero-order chi connectivity index (χ0) is 15.2. The predicted molar refractivity (Wildman–Crippen MR) is 84.5 cm³/mol.